The highest BCUT2D eigenvalue weighted by molar-refractivity contribution is 5.92. The van der Waals surface area contributed by atoms with E-state index < -0.39 is 5.60 Å². The zero-order valence-electron chi connectivity index (χ0n) is 18.4. The van der Waals surface area contributed by atoms with Gasteiger partial charge in [-0.1, -0.05) is 31.9 Å². The molecule has 1 saturated heterocycles. The van der Waals surface area contributed by atoms with Gasteiger partial charge < -0.3 is 14.6 Å². The number of epoxide rings is 1. The van der Waals surface area contributed by atoms with E-state index in [1.165, 1.54) is 6.92 Å². The minimum Gasteiger partial charge on any atom is -0.462 e. The van der Waals surface area contributed by atoms with Crippen molar-refractivity contribution in [2.45, 2.75) is 85.4 Å². The number of carbonyl (C=O) groups is 2. The molecule has 0 aromatic rings. The van der Waals surface area contributed by atoms with E-state index in [4.69, 9.17) is 9.47 Å². The molecule has 160 valence electrons. The lowest BCUT2D eigenvalue weighted by Crippen LogP contribution is -2.21. The Kier molecular flexibility index (Phi) is 10.1. The number of hydrogen-bond donors (Lipinski definition) is 1. The molecule has 1 rings (SSSR count). The molecule has 0 aliphatic carbocycles. The van der Waals surface area contributed by atoms with Crippen molar-refractivity contribution in [3.8, 4) is 0 Å². The van der Waals surface area contributed by atoms with Crippen LogP contribution >= 0.6 is 0 Å². The molecule has 28 heavy (non-hydrogen) atoms. The van der Waals surface area contributed by atoms with Crippen LogP contribution in [0, 0.1) is 11.8 Å². The maximum Gasteiger partial charge on any atom is 0.302 e. The second kappa shape index (κ2) is 11.5. The molecule has 3 unspecified atom stereocenters. The van der Waals surface area contributed by atoms with Gasteiger partial charge in [0.1, 0.15) is 12.2 Å². The molecular weight excluding hydrogens is 356 g/mol. The van der Waals surface area contributed by atoms with Crippen LogP contribution in [0.25, 0.3) is 0 Å². The van der Waals surface area contributed by atoms with Gasteiger partial charge in [-0.2, -0.15) is 0 Å². The SMILES string of the molecule is CC(=O)OCC=C(C)CCC1OC1(CO)CCCC(C)C(=O)C=C(C)C(C)C. The Bertz CT molecular complexity index is 590. The molecule has 1 heterocycles. The number of ketones is 1. The quantitative estimate of drug-likeness (QED) is 0.217. The number of carbonyl (C=O) groups excluding carboxylic acids is 2. The van der Waals surface area contributed by atoms with Crippen LogP contribution < -0.4 is 0 Å². The van der Waals surface area contributed by atoms with Crippen LogP contribution in [-0.2, 0) is 19.1 Å². The summed E-state index contributed by atoms with van der Waals surface area (Å²) in [5.74, 6) is 0.288. The first-order valence-electron chi connectivity index (χ1n) is 10.4. The average molecular weight is 395 g/mol. The standard InChI is InChI=1S/C23H38O5/c1-16(2)19(5)14-21(26)18(4)8-7-12-23(15-24)22(28-23)10-9-17(3)11-13-27-20(6)25/h11,14,16,18,22,24H,7-10,12-13,15H2,1-6H3. The molecule has 0 spiro atoms. The highest BCUT2D eigenvalue weighted by Gasteiger charge is 2.54. The largest absolute Gasteiger partial charge is 0.462 e. The summed E-state index contributed by atoms with van der Waals surface area (Å²) in [6, 6.07) is 0. The van der Waals surface area contributed by atoms with Crippen molar-refractivity contribution in [1.29, 1.82) is 0 Å². The number of rotatable bonds is 13. The van der Waals surface area contributed by atoms with E-state index in [0.29, 0.717) is 12.5 Å². The molecule has 1 fully saturated rings. The van der Waals surface area contributed by atoms with Gasteiger partial charge in [0.15, 0.2) is 5.78 Å². The van der Waals surface area contributed by atoms with Gasteiger partial charge >= 0.3 is 5.97 Å². The van der Waals surface area contributed by atoms with Gasteiger partial charge in [0.05, 0.1) is 12.7 Å². The molecule has 0 aromatic heterocycles. The first kappa shape index (κ1) is 24.6. The zero-order valence-corrected chi connectivity index (χ0v) is 18.4. The normalized spacial score (nSPS) is 23.6. The summed E-state index contributed by atoms with van der Waals surface area (Å²) in [4.78, 5) is 23.0. The van der Waals surface area contributed by atoms with Crippen molar-refractivity contribution >= 4 is 11.8 Å². The second-order valence-corrected chi connectivity index (χ2v) is 8.46. The number of allylic oxidation sites excluding steroid dienone is 3. The van der Waals surface area contributed by atoms with E-state index in [0.717, 1.165) is 43.3 Å². The predicted molar refractivity (Wildman–Crippen MR) is 111 cm³/mol. The summed E-state index contributed by atoms with van der Waals surface area (Å²) >= 11 is 0. The van der Waals surface area contributed by atoms with Crippen LogP contribution in [0.4, 0.5) is 0 Å². The summed E-state index contributed by atoms with van der Waals surface area (Å²) < 4.78 is 10.7. The molecule has 5 nitrogen and oxygen atoms in total. The zero-order chi connectivity index (χ0) is 21.3. The lowest BCUT2D eigenvalue weighted by Gasteiger charge is -2.13. The van der Waals surface area contributed by atoms with Gasteiger partial charge in [0.2, 0.25) is 0 Å². The van der Waals surface area contributed by atoms with Gasteiger partial charge in [-0.15, -0.1) is 0 Å². The van der Waals surface area contributed by atoms with Crippen LogP contribution in [-0.4, -0.2) is 41.8 Å². The van der Waals surface area contributed by atoms with E-state index in [2.05, 4.69) is 13.8 Å². The number of ether oxygens (including phenoxy) is 2. The fraction of sp³-hybridized carbons (Fsp3) is 0.739. The van der Waals surface area contributed by atoms with Crippen LogP contribution in [0.3, 0.4) is 0 Å². The Morgan fingerprint density at radius 2 is 1.89 bits per heavy atom. The number of aliphatic hydroxyl groups is 1. The number of aliphatic hydroxyl groups excluding tert-OH is 1. The summed E-state index contributed by atoms with van der Waals surface area (Å²) in [5, 5.41) is 9.78. The van der Waals surface area contributed by atoms with Crippen molar-refractivity contribution in [3.05, 3.63) is 23.3 Å². The Morgan fingerprint density at radius 1 is 1.21 bits per heavy atom. The average Bonchev–Trinajstić information content (AvgIpc) is 3.32. The summed E-state index contributed by atoms with van der Waals surface area (Å²) in [6.07, 6.45) is 7.87. The number of hydrogen-bond acceptors (Lipinski definition) is 5. The number of esters is 1. The van der Waals surface area contributed by atoms with Crippen LogP contribution in [0.2, 0.25) is 0 Å². The third-order valence-corrected chi connectivity index (χ3v) is 5.70. The first-order valence-corrected chi connectivity index (χ1v) is 10.4. The molecule has 0 saturated carbocycles. The van der Waals surface area contributed by atoms with Gasteiger partial charge in [0, 0.05) is 12.8 Å². The van der Waals surface area contributed by atoms with Crippen molar-refractivity contribution < 1.29 is 24.2 Å². The Morgan fingerprint density at radius 3 is 2.46 bits per heavy atom. The van der Waals surface area contributed by atoms with Crippen molar-refractivity contribution in [2.75, 3.05) is 13.2 Å². The van der Waals surface area contributed by atoms with E-state index >= 15 is 0 Å². The smallest absolute Gasteiger partial charge is 0.302 e. The van der Waals surface area contributed by atoms with E-state index in [9.17, 15) is 14.7 Å². The van der Waals surface area contributed by atoms with Gasteiger partial charge in [-0.05, 0) is 64.0 Å². The fourth-order valence-corrected chi connectivity index (χ4v) is 3.15. The lowest BCUT2D eigenvalue weighted by atomic mass is 9.91. The topological polar surface area (TPSA) is 76.1 Å². The van der Waals surface area contributed by atoms with Crippen molar-refractivity contribution in [1.82, 2.24) is 0 Å². The van der Waals surface area contributed by atoms with Gasteiger partial charge in [-0.3, -0.25) is 9.59 Å². The van der Waals surface area contributed by atoms with E-state index in [1.807, 2.05) is 26.8 Å². The van der Waals surface area contributed by atoms with Gasteiger partial charge in [0.25, 0.3) is 0 Å². The molecule has 3 atom stereocenters. The second-order valence-electron chi connectivity index (χ2n) is 8.46. The molecule has 1 aliphatic rings. The van der Waals surface area contributed by atoms with Crippen molar-refractivity contribution in [3.63, 3.8) is 0 Å². The minimum atomic E-state index is -0.442. The maximum absolute atomic E-state index is 12.3. The molecule has 0 radical (unpaired) electrons. The highest BCUT2D eigenvalue weighted by atomic mass is 16.6. The molecular formula is C23H38O5. The first-order chi connectivity index (χ1) is 13.1. The molecule has 1 N–H and O–H groups in total. The third kappa shape index (κ3) is 8.27. The predicted octanol–water partition coefficient (Wildman–Crippen LogP) is 4.38. The Balaban J connectivity index is 2.36. The maximum atomic E-state index is 12.3. The van der Waals surface area contributed by atoms with Crippen LogP contribution in [0.1, 0.15) is 73.6 Å². The van der Waals surface area contributed by atoms with Crippen molar-refractivity contribution in [2.24, 2.45) is 11.8 Å². The summed E-state index contributed by atoms with van der Waals surface area (Å²) in [7, 11) is 0. The summed E-state index contributed by atoms with van der Waals surface area (Å²) in [6.45, 7) is 11.9. The molecule has 0 bridgehead atoms. The Labute approximate surface area is 170 Å². The minimum absolute atomic E-state index is 0.00639. The molecule has 1 aliphatic heterocycles. The fourth-order valence-electron chi connectivity index (χ4n) is 3.15. The van der Waals surface area contributed by atoms with E-state index in [1.54, 1.807) is 6.08 Å². The van der Waals surface area contributed by atoms with Crippen LogP contribution in [0.15, 0.2) is 23.3 Å². The highest BCUT2D eigenvalue weighted by Crippen LogP contribution is 2.44. The summed E-state index contributed by atoms with van der Waals surface area (Å²) in [5.41, 5.74) is 1.82. The van der Waals surface area contributed by atoms with Gasteiger partial charge in [-0.25, -0.2) is 0 Å². The van der Waals surface area contributed by atoms with E-state index in [-0.39, 0.29) is 30.4 Å². The van der Waals surface area contributed by atoms with Crippen LogP contribution in [0.5, 0.6) is 0 Å². The Hall–Kier alpha value is -1.46. The third-order valence-electron chi connectivity index (χ3n) is 5.70. The molecule has 5 heteroatoms. The lowest BCUT2D eigenvalue weighted by molar-refractivity contribution is -0.139. The molecule has 0 aromatic carbocycles. The monoisotopic (exact) mass is 394 g/mol. The molecule has 0 amide bonds.